The number of nitrogens with zero attached hydrogens (tertiary/aromatic N) is 2. The summed E-state index contributed by atoms with van der Waals surface area (Å²) >= 11 is 3.34. The Labute approximate surface area is 96.8 Å². The van der Waals surface area contributed by atoms with E-state index in [0.717, 1.165) is 29.8 Å². The summed E-state index contributed by atoms with van der Waals surface area (Å²) in [5, 5.41) is 2.84. The van der Waals surface area contributed by atoms with Crippen LogP contribution in [0.3, 0.4) is 0 Å². The van der Waals surface area contributed by atoms with Crippen molar-refractivity contribution in [2.75, 3.05) is 24.5 Å². The second-order valence-corrected chi connectivity index (χ2v) is 4.38. The molecule has 0 spiro atoms. The van der Waals surface area contributed by atoms with Crippen LogP contribution in [0.1, 0.15) is 6.42 Å². The minimum absolute atomic E-state index is 0.0669. The molecule has 2 rings (SSSR count). The Balaban J connectivity index is 2.14. The normalized spacial score (nSPS) is 17.1. The van der Waals surface area contributed by atoms with Gasteiger partial charge in [-0.05, 0) is 34.5 Å². The van der Waals surface area contributed by atoms with Crippen molar-refractivity contribution >= 4 is 27.7 Å². The van der Waals surface area contributed by atoms with Gasteiger partial charge in [0.15, 0.2) is 0 Å². The first-order valence-electron chi connectivity index (χ1n) is 4.89. The van der Waals surface area contributed by atoms with Crippen molar-refractivity contribution in [2.45, 2.75) is 6.42 Å². The molecule has 1 aliphatic heterocycles. The Morgan fingerprint density at radius 3 is 3.07 bits per heavy atom. The van der Waals surface area contributed by atoms with E-state index in [4.69, 9.17) is 0 Å². The molecule has 0 aromatic carbocycles. The first-order chi connectivity index (χ1) is 7.25. The SMILES string of the molecule is O=C1CN(c2ccc(Br)cn2)CCCN1. The standard InChI is InChI=1S/C10H12BrN3O/c11-8-2-3-9(13-6-8)14-5-1-4-12-10(15)7-14/h2-3,6H,1,4-5,7H2,(H,12,15). The molecule has 1 N–H and O–H groups in total. The van der Waals surface area contributed by atoms with Crippen molar-refractivity contribution < 1.29 is 4.79 Å². The van der Waals surface area contributed by atoms with Gasteiger partial charge in [0, 0.05) is 23.8 Å². The van der Waals surface area contributed by atoms with Crippen LogP contribution in [0.2, 0.25) is 0 Å². The Morgan fingerprint density at radius 1 is 1.47 bits per heavy atom. The molecule has 1 aromatic rings. The van der Waals surface area contributed by atoms with E-state index in [0.29, 0.717) is 6.54 Å². The van der Waals surface area contributed by atoms with Gasteiger partial charge in [0.1, 0.15) is 5.82 Å². The van der Waals surface area contributed by atoms with Crippen molar-refractivity contribution in [1.82, 2.24) is 10.3 Å². The topological polar surface area (TPSA) is 45.2 Å². The molecule has 0 atom stereocenters. The fourth-order valence-corrected chi connectivity index (χ4v) is 1.79. The first-order valence-corrected chi connectivity index (χ1v) is 5.68. The van der Waals surface area contributed by atoms with Gasteiger partial charge < -0.3 is 10.2 Å². The van der Waals surface area contributed by atoms with E-state index in [9.17, 15) is 4.79 Å². The van der Waals surface area contributed by atoms with Gasteiger partial charge in [-0.25, -0.2) is 4.98 Å². The van der Waals surface area contributed by atoms with Crippen LogP contribution in [0.15, 0.2) is 22.8 Å². The second kappa shape index (κ2) is 4.61. The number of nitrogens with one attached hydrogen (secondary N) is 1. The Hall–Kier alpha value is -1.10. The number of halogens is 1. The highest BCUT2D eigenvalue weighted by Crippen LogP contribution is 2.15. The van der Waals surface area contributed by atoms with E-state index in [1.165, 1.54) is 0 Å². The van der Waals surface area contributed by atoms with Gasteiger partial charge in [-0.2, -0.15) is 0 Å². The molecular weight excluding hydrogens is 258 g/mol. The number of amides is 1. The average molecular weight is 270 g/mol. The molecule has 1 fully saturated rings. The average Bonchev–Trinajstić information content (AvgIpc) is 2.44. The molecule has 1 amide bonds. The quantitative estimate of drug-likeness (QED) is 0.833. The van der Waals surface area contributed by atoms with Crippen LogP contribution >= 0.6 is 15.9 Å². The van der Waals surface area contributed by atoms with Crippen LogP contribution in [0, 0.1) is 0 Å². The van der Waals surface area contributed by atoms with E-state index in [1.54, 1.807) is 6.20 Å². The summed E-state index contributed by atoms with van der Waals surface area (Å²) in [5.74, 6) is 0.924. The molecule has 15 heavy (non-hydrogen) atoms. The van der Waals surface area contributed by atoms with E-state index in [1.807, 2.05) is 17.0 Å². The van der Waals surface area contributed by atoms with Gasteiger partial charge in [0.25, 0.3) is 0 Å². The number of hydrogen-bond donors (Lipinski definition) is 1. The molecular formula is C10H12BrN3O. The van der Waals surface area contributed by atoms with Crippen LogP contribution in [-0.4, -0.2) is 30.5 Å². The summed E-state index contributed by atoms with van der Waals surface area (Å²) in [6.45, 7) is 2.02. The van der Waals surface area contributed by atoms with Crippen LogP contribution in [-0.2, 0) is 4.79 Å². The number of aromatic nitrogens is 1. The zero-order valence-electron chi connectivity index (χ0n) is 8.24. The summed E-state index contributed by atoms with van der Waals surface area (Å²) in [5.41, 5.74) is 0. The lowest BCUT2D eigenvalue weighted by molar-refractivity contribution is -0.119. The predicted octanol–water partition coefficient (Wildman–Crippen LogP) is 1.17. The molecule has 0 radical (unpaired) electrons. The van der Waals surface area contributed by atoms with E-state index in [-0.39, 0.29) is 5.91 Å². The Morgan fingerprint density at radius 2 is 2.33 bits per heavy atom. The Bertz CT molecular complexity index is 352. The number of carbonyl (C=O) groups excluding carboxylic acids is 1. The summed E-state index contributed by atoms with van der Waals surface area (Å²) < 4.78 is 0.950. The number of anilines is 1. The fourth-order valence-electron chi connectivity index (χ4n) is 1.56. The van der Waals surface area contributed by atoms with Crippen LogP contribution in [0.25, 0.3) is 0 Å². The van der Waals surface area contributed by atoms with Crippen molar-refractivity contribution in [2.24, 2.45) is 0 Å². The van der Waals surface area contributed by atoms with Crippen LogP contribution < -0.4 is 10.2 Å². The molecule has 0 aliphatic carbocycles. The molecule has 2 heterocycles. The maximum atomic E-state index is 11.3. The summed E-state index contributed by atoms with van der Waals surface area (Å²) in [6, 6.07) is 3.85. The van der Waals surface area contributed by atoms with E-state index in [2.05, 4.69) is 26.2 Å². The third-order valence-corrected chi connectivity index (χ3v) is 2.77. The van der Waals surface area contributed by atoms with Crippen molar-refractivity contribution in [3.8, 4) is 0 Å². The minimum atomic E-state index is 0.0669. The Kier molecular flexibility index (Phi) is 3.20. The molecule has 0 unspecified atom stereocenters. The van der Waals surface area contributed by atoms with Gasteiger partial charge in [0.2, 0.25) is 5.91 Å². The maximum Gasteiger partial charge on any atom is 0.239 e. The van der Waals surface area contributed by atoms with E-state index < -0.39 is 0 Å². The summed E-state index contributed by atoms with van der Waals surface area (Å²) in [7, 11) is 0. The van der Waals surface area contributed by atoms with Gasteiger partial charge >= 0.3 is 0 Å². The lowest BCUT2D eigenvalue weighted by atomic mass is 10.3. The smallest absolute Gasteiger partial charge is 0.239 e. The van der Waals surface area contributed by atoms with Crippen LogP contribution in [0.4, 0.5) is 5.82 Å². The van der Waals surface area contributed by atoms with Crippen molar-refractivity contribution in [1.29, 1.82) is 0 Å². The van der Waals surface area contributed by atoms with E-state index >= 15 is 0 Å². The first kappa shape index (κ1) is 10.4. The van der Waals surface area contributed by atoms with Crippen LogP contribution in [0.5, 0.6) is 0 Å². The lowest BCUT2D eigenvalue weighted by Gasteiger charge is -2.19. The number of pyridine rings is 1. The monoisotopic (exact) mass is 269 g/mol. The lowest BCUT2D eigenvalue weighted by Crippen LogP contribution is -2.33. The molecule has 1 aliphatic rings. The van der Waals surface area contributed by atoms with Gasteiger partial charge in [0.05, 0.1) is 6.54 Å². The predicted molar refractivity (Wildman–Crippen MR) is 61.8 cm³/mol. The number of rotatable bonds is 1. The largest absolute Gasteiger partial charge is 0.354 e. The highest BCUT2D eigenvalue weighted by Gasteiger charge is 2.15. The maximum absolute atomic E-state index is 11.3. The third kappa shape index (κ3) is 2.68. The van der Waals surface area contributed by atoms with Gasteiger partial charge in [-0.1, -0.05) is 0 Å². The number of hydrogen-bond acceptors (Lipinski definition) is 3. The molecule has 1 saturated heterocycles. The number of carbonyl (C=O) groups is 1. The highest BCUT2D eigenvalue weighted by atomic mass is 79.9. The zero-order valence-corrected chi connectivity index (χ0v) is 9.83. The fraction of sp³-hybridized carbons (Fsp3) is 0.400. The molecule has 0 saturated carbocycles. The zero-order chi connectivity index (χ0) is 10.7. The highest BCUT2D eigenvalue weighted by molar-refractivity contribution is 9.10. The van der Waals surface area contributed by atoms with Crippen molar-refractivity contribution in [3.63, 3.8) is 0 Å². The molecule has 80 valence electrons. The van der Waals surface area contributed by atoms with Gasteiger partial charge in [-0.3, -0.25) is 4.79 Å². The van der Waals surface area contributed by atoms with Crippen molar-refractivity contribution in [3.05, 3.63) is 22.8 Å². The second-order valence-electron chi connectivity index (χ2n) is 3.46. The van der Waals surface area contributed by atoms with Gasteiger partial charge in [-0.15, -0.1) is 0 Å². The summed E-state index contributed by atoms with van der Waals surface area (Å²) in [6.07, 6.45) is 2.71. The summed E-state index contributed by atoms with van der Waals surface area (Å²) in [4.78, 5) is 17.6. The molecule has 4 nitrogen and oxygen atoms in total. The molecule has 0 bridgehead atoms. The third-order valence-electron chi connectivity index (χ3n) is 2.30. The molecule has 5 heteroatoms. The molecule has 1 aromatic heterocycles. The minimum Gasteiger partial charge on any atom is -0.354 e.